The van der Waals surface area contributed by atoms with Gasteiger partial charge in [-0.05, 0) is 104 Å². The van der Waals surface area contributed by atoms with Gasteiger partial charge in [0, 0.05) is 33.1 Å². The molecule has 1 unspecified atom stereocenters. The predicted molar refractivity (Wildman–Crippen MR) is 247 cm³/mol. The molecule has 0 saturated carbocycles. The lowest BCUT2D eigenvalue weighted by Gasteiger charge is -2.40. The van der Waals surface area contributed by atoms with Crippen LogP contribution in [-0.2, 0) is 5.41 Å². The van der Waals surface area contributed by atoms with Gasteiger partial charge >= 0.3 is 0 Å². The lowest BCUT2D eigenvalue weighted by molar-refractivity contribution is 0.773. The van der Waals surface area contributed by atoms with Crippen LogP contribution in [-0.4, -0.2) is 4.57 Å². The molecule has 1 atom stereocenters. The maximum atomic E-state index is 9.92. The molecule has 1 heterocycles. The van der Waals surface area contributed by atoms with E-state index in [9.17, 15) is 5.48 Å². The Labute approximate surface area is 348 Å². The Hall–Kier alpha value is -7.68. The zero-order valence-corrected chi connectivity index (χ0v) is 31.9. The molecule has 0 radical (unpaired) electrons. The van der Waals surface area contributed by atoms with Gasteiger partial charge in [-0.3, -0.25) is 0 Å². The maximum Gasteiger partial charge on any atom is 0.0726 e. The van der Waals surface area contributed by atoms with Crippen molar-refractivity contribution in [2.45, 2.75) is 5.41 Å². The number of anilines is 3. The number of rotatable bonds is 4. The minimum Gasteiger partial charge on any atom is -0.309 e. The lowest BCUT2D eigenvalue weighted by atomic mass is 9.61. The zero-order valence-electron chi connectivity index (χ0n) is 35.9. The Morgan fingerprint density at radius 3 is 2.00 bits per heavy atom. The summed E-state index contributed by atoms with van der Waals surface area (Å²) in [6, 6.07) is 67.8. The molecule has 0 amide bonds. The van der Waals surface area contributed by atoms with E-state index in [-0.39, 0.29) is 24.2 Å². The summed E-state index contributed by atoms with van der Waals surface area (Å²) in [7, 11) is 0. The van der Waals surface area contributed by atoms with E-state index in [2.05, 4.69) is 198 Å². The van der Waals surface area contributed by atoms with Gasteiger partial charge in [-0.25, -0.2) is 0 Å². The number of aromatic nitrogens is 1. The summed E-state index contributed by atoms with van der Waals surface area (Å²) in [5.41, 5.74) is 12.0. The van der Waals surface area contributed by atoms with Crippen molar-refractivity contribution in [2.75, 3.05) is 4.90 Å². The normalized spacial score (nSPS) is 15.8. The van der Waals surface area contributed by atoms with Gasteiger partial charge in [-0.15, -0.1) is 0 Å². The number of benzene rings is 10. The molecule has 0 N–H and O–H groups in total. The first kappa shape index (κ1) is 28.7. The van der Waals surface area contributed by atoms with Crippen LogP contribution < -0.4 is 4.90 Å². The average molecular weight is 753 g/mol. The Kier molecular flexibility index (Phi) is 5.91. The van der Waals surface area contributed by atoms with Crippen molar-refractivity contribution in [3.63, 3.8) is 0 Å². The molecule has 0 fully saturated rings. The molecule has 1 spiro atoms. The van der Waals surface area contributed by atoms with Gasteiger partial charge < -0.3 is 9.47 Å². The average Bonchev–Trinajstić information content (AvgIpc) is 3.84. The monoisotopic (exact) mass is 752 g/mol. The first-order chi connectivity index (χ1) is 31.0. The summed E-state index contributed by atoms with van der Waals surface area (Å²) >= 11 is 0. The third-order valence-corrected chi connectivity index (χ3v) is 12.9. The maximum absolute atomic E-state index is 9.92. The van der Waals surface area contributed by atoms with E-state index in [0.717, 1.165) is 99.5 Å². The van der Waals surface area contributed by atoms with Gasteiger partial charge in [-0.2, -0.15) is 0 Å². The minimum absolute atomic E-state index is 0.0220. The molecular formula is C57H36N2. The number of hydrogen-bond donors (Lipinski definition) is 0. The number of para-hydroxylation sites is 2. The van der Waals surface area contributed by atoms with Crippen LogP contribution >= 0.6 is 0 Å². The van der Waals surface area contributed by atoms with E-state index < -0.39 is 5.41 Å². The summed E-state index contributed by atoms with van der Waals surface area (Å²) in [6.07, 6.45) is 0. The molecule has 59 heavy (non-hydrogen) atoms. The fourth-order valence-electron chi connectivity index (χ4n) is 10.6. The van der Waals surface area contributed by atoms with E-state index in [4.69, 9.17) is 0 Å². The van der Waals surface area contributed by atoms with Crippen molar-refractivity contribution in [1.29, 1.82) is 0 Å². The molecule has 1 aromatic heterocycles. The van der Waals surface area contributed by atoms with Crippen molar-refractivity contribution >= 4 is 60.4 Å². The Morgan fingerprint density at radius 1 is 0.424 bits per heavy atom. The van der Waals surface area contributed by atoms with Crippen LogP contribution in [0.5, 0.6) is 0 Å². The van der Waals surface area contributed by atoms with Crippen molar-refractivity contribution in [1.82, 2.24) is 4.57 Å². The van der Waals surface area contributed by atoms with E-state index in [0.29, 0.717) is 11.1 Å². The highest BCUT2D eigenvalue weighted by molar-refractivity contribution is 6.13. The second-order valence-electron chi connectivity index (χ2n) is 15.7. The van der Waals surface area contributed by atoms with Crippen molar-refractivity contribution in [2.24, 2.45) is 0 Å². The molecule has 2 heteroatoms. The minimum atomic E-state index is -1.06. The Morgan fingerprint density at radius 2 is 1.07 bits per heavy atom. The molecule has 0 bridgehead atoms. The highest BCUT2D eigenvalue weighted by atomic mass is 15.1. The molecule has 2 aliphatic carbocycles. The van der Waals surface area contributed by atoms with E-state index in [1.54, 1.807) is 0 Å². The van der Waals surface area contributed by atoms with Gasteiger partial charge in [0.2, 0.25) is 0 Å². The van der Waals surface area contributed by atoms with Crippen molar-refractivity contribution < 1.29 is 5.48 Å². The SMILES string of the molecule is [2H]c1c([2H])c([2H])c2c(c1[2H])-c1c(N(c3ccc4c(c3)c3ccccc3n4-c3ccccc3)c3cccc4ccccc34)cccc1C21c2ccccc2-c2cccc3cccc1c23. The molecule has 10 aromatic carbocycles. The van der Waals surface area contributed by atoms with Crippen LogP contribution in [0.15, 0.2) is 218 Å². The van der Waals surface area contributed by atoms with E-state index in [1.165, 1.54) is 0 Å². The van der Waals surface area contributed by atoms with Gasteiger partial charge in [0.05, 0.1) is 33.3 Å². The zero-order chi connectivity index (χ0) is 42.1. The van der Waals surface area contributed by atoms with Crippen molar-refractivity contribution in [3.8, 4) is 27.9 Å². The number of fused-ring (bicyclic) bond motifs is 13. The smallest absolute Gasteiger partial charge is 0.0726 e. The van der Waals surface area contributed by atoms with Crippen LogP contribution in [0.4, 0.5) is 17.1 Å². The molecule has 13 rings (SSSR count). The summed E-state index contributed by atoms with van der Waals surface area (Å²) < 4.78 is 40.6. The third-order valence-electron chi connectivity index (χ3n) is 12.9. The third kappa shape index (κ3) is 4.30. The van der Waals surface area contributed by atoms with E-state index >= 15 is 0 Å². The number of hydrogen-bond acceptors (Lipinski definition) is 1. The molecule has 0 saturated heterocycles. The predicted octanol–water partition coefficient (Wildman–Crippen LogP) is 14.9. The Balaban J connectivity index is 1.19. The molecule has 2 nitrogen and oxygen atoms in total. The highest BCUT2D eigenvalue weighted by Gasteiger charge is 2.51. The quantitative estimate of drug-likeness (QED) is 0.174. The highest BCUT2D eigenvalue weighted by Crippen LogP contribution is 2.64. The summed E-state index contributed by atoms with van der Waals surface area (Å²) in [5.74, 6) is 0. The lowest BCUT2D eigenvalue weighted by Crippen LogP contribution is -2.31. The van der Waals surface area contributed by atoms with Crippen LogP contribution in [0.25, 0.3) is 71.3 Å². The molecule has 0 aliphatic heterocycles. The van der Waals surface area contributed by atoms with Gasteiger partial charge in [0.25, 0.3) is 0 Å². The topological polar surface area (TPSA) is 8.17 Å². The largest absolute Gasteiger partial charge is 0.309 e. The van der Waals surface area contributed by atoms with Crippen LogP contribution in [0.2, 0.25) is 0 Å². The summed E-state index contributed by atoms with van der Waals surface area (Å²) in [6.45, 7) is 0. The second-order valence-corrected chi connectivity index (χ2v) is 15.7. The molecular weight excluding hydrogens is 713 g/mol. The van der Waals surface area contributed by atoms with Gasteiger partial charge in [-0.1, -0.05) is 170 Å². The van der Waals surface area contributed by atoms with Crippen molar-refractivity contribution in [3.05, 3.63) is 241 Å². The fourth-order valence-corrected chi connectivity index (χ4v) is 10.6. The second kappa shape index (κ2) is 12.2. The molecule has 2 aliphatic rings. The fraction of sp³-hybridized carbons (Fsp3) is 0.0175. The molecule has 274 valence electrons. The Bertz CT molecular complexity index is 3750. The first-order valence-corrected chi connectivity index (χ1v) is 20.2. The van der Waals surface area contributed by atoms with Gasteiger partial charge in [0.1, 0.15) is 0 Å². The molecule has 11 aromatic rings. The first-order valence-electron chi connectivity index (χ1n) is 22.2. The summed E-state index contributed by atoms with van der Waals surface area (Å²) in [5, 5.41) is 6.59. The summed E-state index contributed by atoms with van der Waals surface area (Å²) in [4.78, 5) is 2.32. The standard InChI is InChI=1S/C57H36N2/c1-2-20-39(21-3-1)58-52-31-11-8-24-43(52)46-36-40(34-35-53(46)58)59(51-32-14-17-37-16-4-5-22-41(37)51)54-33-15-30-50-56(54)45-25-7-10-28-48(45)57(50)47-27-9-6-23-42(47)44-26-12-18-38-19-13-29-49(57)55(38)44/h1-36H/i7D,10D,25D,28D. The van der Waals surface area contributed by atoms with Crippen LogP contribution in [0.3, 0.4) is 0 Å². The van der Waals surface area contributed by atoms with E-state index in [1.807, 2.05) is 6.07 Å². The van der Waals surface area contributed by atoms with Gasteiger partial charge in [0.15, 0.2) is 0 Å². The van der Waals surface area contributed by atoms with Crippen LogP contribution in [0.1, 0.15) is 27.7 Å². The van der Waals surface area contributed by atoms with Crippen LogP contribution in [0, 0.1) is 0 Å². The number of nitrogens with zero attached hydrogens (tertiary/aromatic N) is 2.